The largest absolute Gasteiger partial charge is 0.805 e. The van der Waals surface area contributed by atoms with Crippen molar-refractivity contribution in [3.63, 3.8) is 0 Å². The molecule has 0 spiro atoms. The number of para-hydroxylation sites is 2. The van der Waals surface area contributed by atoms with Crippen LogP contribution < -0.4 is 9.16 Å². The van der Waals surface area contributed by atoms with E-state index in [1.54, 1.807) is 43.3 Å². The van der Waals surface area contributed by atoms with E-state index in [-0.39, 0.29) is 29.0 Å². The Morgan fingerprint density at radius 2 is 1.96 bits per heavy atom. The van der Waals surface area contributed by atoms with E-state index >= 15 is 0 Å². The summed E-state index contributed by atoms with van der Waals surface area (Å²) in [5.41, 5.74) is 0.193. The van der Waals surface area contributed by atoms with Gasteiger partial charge in [0.1, 0.15) is 11.3 Å². The van der Waals surface area contributed by atoms with E-state index in [1.165, 1.54) is 19.2 Å². The van der Waals surface area contributed by atoms with Crippen molar-refractivity contribution >= 4 is 17.0 Å². The van der Waals surface area contributed by atoms with Gasteiger partial charge in [-0.05, 0) is 31.2 Å². The molecule has 0 amide bonds. The zero-order valence-corrected chi connectivity index (χ0v) is 13.8. The van der Waals surface area contributed by atoms with Crippen molar-refractivity contribution in [2.45, 2.75) is 6.92 Å². The van der Waals surface area contributed by atoms with Crippen LogP contribution in [0.5, 0.6) is 5.75 Å². The van der Waals surface area contributed by atoms with Gasteiger partial charge in [-0.3, -0.25) is 0 Å². The van der Waals surface area contributed by atoms with Gasteiger partial charge in [0.15, 0.2) is 0 Å². The van der Waals surface area contributed by atoms with Gasteiger partial charge in [0.25, 0.3) is 5.52 Å². The Morgan fingerprint density at radius 1 is 1.20 bits per heavy atom. The highest BCUT2D eigenvalue weighted by molar-refractivity contribution is 5.96. The number of nitrogens with zero attached hydrogens (tertiary/aromatic N) is 2. The summed E-state index contributed by atoms with van der Waals surface area (Å²) in [5, 5.41) is 12.8. The summed E-state index contributed by atoms with van der Waals surface area (Å²) in [5.74, 6) is -0.358. The summed E-state index contributed by atoms with van der Waals surface area (Å²) in [4.78, 5) is 25.3. The van der Waals surface area contributed by atoms with Crippen LogP contribution in [0.4, 0.5) is 0 Å². The molecule has 1 heterocycles. The predicted molar refractivity (Wildman–Crippen MR) is 92.0 cm³/mol. The molecule has 3 rings (SSSR count). The number of benzene rings is 2. The highest BCUT2D eigenvalue weighted by atomic mass is 16.5. The minimum Gasteiger partial charge on any atom is -0.805 e. The minimum absolute atomic E-state index is 0.0777. The van der Waals surface area contributed by atoms with E-state index in [0.717, 1.165) is 0 Å². The molecule has 2 aromatic carbocycles. The van der Waals surface area contributed by atoms with Gasteiger partial charge in [0, 0.05) is 11.0 Å². The monoisotopic (exact) mass is 340 g/mol. The van der Waals surface area contributed by atoms with Crippen LogP contribution in [0.1, 0.15) is 17.4 Å². The topological polar surface area (TPSA) is 86.5 Å². The molecule has 0 aliphatic rings. The number of rotatable bonds is 4. The first-order valence-corrected chi connectivity index (χ1v) is 7.67. The summed E-state index contributed by atoms with van der Waals surface area (Å²) in [6, 6.07) is 12.9. The molecular weight excluding hydrogens is 324 g/mol. The number of ether oxygens (including phenoxy) is 2. The summed E-state index contributed by atoms with van der Waals surface area (Å²) < 4.78 is 11.2. The second-order valence-corrected chi connectivity index (χ2v) is 5.23. The van der Waals surface area contributed by atoms with Crippen LogP contribution in [-0.4, -0.2) is 24.4 Å². The molecule has 0 atom stereocenters. The van der Waals surface area contributed by atoms with Crippen molar-refractivity contribution in [3.8, 4) is 17.0 Å². The van der Waals surface area contributed by atoms with Crippen LogP contribution in [-0.2, 0) is 4.74 Å². The smallest absolute Gasteiger partial charge is 0.361 e. The fraction of sp³-hybridized carbons (Fsp3) is 0.167. The van der Waals surface area contributed by atoms with E-state index < -0.39 is 5.97 Å². The summed E-state index contributed by atoms with van der Waals surface area (Å²) in [7, 11) is 1.49. The third-order valence-corrected chi connectivity index (χ3v) is 3.76. The first-order valence-electron chi connectivity index (χ1n) is 7.67. The Hall–Kier alpha value is -3.35. The lowest BCUT2D eigenvalue weighted by atomic mass is 10.1. The molecule has 3 aromatic rings. The Labute approximate surface area is 143 Å². The van der Waals surface area contributed by atoms with Gasteiger partial charge in [-0.1, -0.05) is 18.2 Å². The fourth-order valence-electron chi connectivity index (χ4n) is 2.64. The quantitative estimate of drug-likeness (QED) is 0.538. The number of aromatic nitrogens is 2. The number of methoxy groups -OCH3 is 1. The standard InChI is InChI=1S/C18H16N2O5/c1-3-25-18(21)17-16(12-7-6-8-13(11-12)24-2)19(22)14-9-4-5-10-15(14)20(17)23/h4-11H,3H2,1-2H3. The van der Waals surface area contributed by atoms with Gasteiger partial charge in [-0.15, -0.1) is 0 Å². The van der Waals surface area contributed by atoms with Crippen LogP contribution in [0, 0.1) is 10.1 Å². The Bertz CT molecular complexity index is 1010. The summed E-state index contributed by atoms with van der Waals surface area (Å²) in [6.45, 7) is 1.71. The number of esters is 1. The van der Waals surface area contributed by atoms with Crippen molar-refractivity contribution < 1.29 is 18.7 Å². The van der Waals surface area contributed by atoms with Crippen molar-refractivity contribution in [1.29, 1.82) is 0 Å². The first-order chi connectivity index (χ1) is 12.1. The highest BCUT2D eigenvalue weighted by Gasteiger charge is 2.29. The van der Waals surface area contributed by atoms with Gasteiger partial charge in [-0.2, -0.15) is 0 Å². The molecule has 0 aliphatic carbocycles. The molecule has 0 radical (unpaired) electrons. The van der Waals surface area contributed by atoms with Crippen molar-refractivity contribution in [2.75, 3.05) is 13.7 Å². The Kier molecular flexibility index (Phi) is 4.38. The second kappa shape index (κ2) is 6.64. The minimum atomic E-state index is -0.856. The molecule has 7 nitrogen and oxygen atoms in total. The third kappa shape index (κ3) is 2.80. The van der Waals surface area contributed by atoms with Gasteiger partial charge < -0.3 is 19.4 Å². The maximum Gasteiger partial charge on any atom is 0.361 e. The molecule has 0 fully saturated rings. The SMILES string of the molecule is CCOC(=O)c1c(-c2cccc(OC)c2)[n+](=O)c2ccccc2n1[O-]. The highest BCUT2D eigenvalue weighted by Crippen LogP contribution is 2.26. The van der Waals surface area contributed by atoms with E-state index in [2.05, 4.69) is 0 Å². The molecule has 0 saturated heterocycles. The van der Waals surface area contributed by atoms with Crippen LogP contribution in [0.25, 0.3) is 22.3 Å². The van der Waals surface area contributed by atoms with Crippen LogP contribution in [0.2, 0.25) is 0 Å². The lowest BCUT2D eigenvalue weighted by Crippen LogP contribution is -2.28. The van der Waals surface area contributed by atoms with Gasteiger partial charge in [-0.25, -0.2) is 4.79 Å². The van der Waals surface area contributed by atoms with Crippen molar-refractivity contribution in [2.24, 2.45) is 0 Å². The number of carbonyl (C=O) groups excluding carboxylic acids is 1. The molecule has 7 heteroatoms. The maximum absolute atomic E-state index is 12.9. The third-order valence-electron chi connectivity index (χ3n) is 3.76. The Balaban J connectivity index is 2.42. The summed E-state index contributed by atoms with van der Waals surface area (Å²) in [6.07, 6.45) is 0. The van der Waals surface area contributed by atoms with Crippen LogP contribution in [0.3, 0.4) is 0 Å². The number of hydrogen-bond donors (Lipinski definition) is 0. The first kappa shape index (κ1) is 16.5. The van der Waals surface area contributed by atoms with Gasteiger partial charge in [0.05, 0.1) is 23.7 Å². The lowest BCUT2D eigenvalue weighted by molar-refractivity contribution is -0.452. The Morgan fingerprint density at radius 3 is 2.68 bits per heavy atom. The fourth-order valence-corrected chi connectivity index (χ4v) is 2.64. The number of hydrogen-bond acceptors (Lipinski definition) is 5. The zero-order valence-electron chi connectivity index (χ0n) is 13.8. The lowest BCUT2D eigenvalue weighted by Gasteiger charge is -2.18. The normalized spacial score (nSPS) is 10.6. The van der Waals surface area contributed by atoms with Gasteiger partial charge in [0.2, 0.25) is 5.69 Å². The van der Waals surface area contributed by atoms with E-state index in [1.807, 2.05) is 0 Å². The average Bonchev–Trinajstić information content (AvgIpc) is 2.64. The van der Waals surface area contributed by atoms with E-state index in [4.69, 9.17) is 9.47 Å². The molecule has 0 bridgehead atoms. The molecule has 0 N–H and O–H groups in total. The van der Waals surface area contributed by atoms with Crippen molar-refractivity contribution in [3.05, 3.63) is 64.3 Å². The second-order valence-electron chi connectivity index (χ2n) is 5.23. The van der Waals surface area contributed by atoms with Gasteiger partial charge >= 0.3 is 11.7 Å². The molecule has 128 valence electrons. The van der Waals surface area contributed by atoms with Crippen LogP contribution >= 0.6 is 0 Å². The summed E-state index contributed by atoms with van der Waals surface area (Å²) >= 11 is 0. The molecule has 0 aliphatic heterocycles. The average molecular weight is 340 g/mol. The molecule has 25 heavy (non-hydrogen) atoms. The molecule has 0 saturated carbocycles. The molecule has 1 aromatic heterocycles. The maximum atomic E-state index is 12.9. The number of fused-ring (bicyclic) bond motifs is 1. The van der Waals surface area contributed by atoms with Crippen molar-refractivity contribution in [1.82, 2.24) is 4.73 Å². The van der Waals surface area contributed by atoms with E-state index in [9.17, 15) is 14.9 Å². The zero-order chi connectivity index (χ0) is 18.0. The molecule has 0 unspecified atom stereocenters. The van der Waals surface area contributed by atoms with Crippen LogP contribution in [0.15, 0.2) is 48.5 Å². The number of carbonyl (C=O) groups is 1. The molecular formula is C18H16N2O5. The predicted octanol–water partition coefficient (Wildman–Crippen LogP) is 2.75. The van der Waals surface area contributed by atoms with E-state index in [0.29, 0.717) is 20.5 Å².